The van der Waals surface area contributed by atoms with Gasteiger partial charge in [-0.3, -0.25) is 4.79 Å². The summed E-state index contributed by atoms with van der Waals surface area (Å²) in [6.45, 7) is 6.07. The van der Waals surface area contributed by atoms with Crippen LogP contribution >= 0.6 is 0 Å². The van der Waals surface area contributed by atoms with Crippen LogP contribution in [0.15, 0.2) is 18.2 Å². The Bertz CT molecular complexity index is 371. The van der Waals surface area contributed by atoms with E-state index in [0.717, 1.165) is 5.56 Å². The average Bonchev–Trinajstić information content (AvgIpc) is 2.30. The summed E-state index contributed by atoms with van der Waals surface area (Å²) < 4.78 is 5.28. The maximum absolute atomic E-state index is 11.6. The number of carbonyl (C=O) groups is 1. The van der Waals surface area contributed by atoms with Crippen LogP contribution < -0.4 is 4.74 Å². The van der Waals surface area contributed by atoms with Crippen molar-refractivity contribution < 1.29 is 14.6 Å². The first kappa shape index (κ1) is 12.6. The van der Waals surface area contributed by atoms with Gasteiger partial charge in [0, 0.05) is 12.3 Å². The first-order chi connectivity index (χ1) is 7.60. The standard InChI is InChI=1S/C13H18O3/c1-4-11(14)9(3)10-6-7-12(15)13(8-10)16-5-2/h6-9,15H,4-5H2,1-3H3. The van der Waals surface area contributed by atoms with Gasteiger partial charge in [-0.25, -0.2) is 0 Å². The highest BCUT2D eigenvalue weighted by Crippen LogP contribution is 2.30. The molecule has 1 N–H and O–H groups in total. The highest BCUT2D eigenvalue weighted by atomic mass is 16.5. The summed E-state index contributed by atoms with van der Waals surface area (Å²) in [6, 6.07) is 5.06. The van der Waals surface area contributed by atoms with Gasteiger partial charge in [0.05, 0.1) is 6.61 Å². The molecule has 0 bridgehead atoms. The van der Waals surface area contributed by atoms with E-state index in [1.54, 1.807) is 18.2 Å². The molecule has 3 nitrogen and oxygen atoms in total. The van der Waals surface area contributed by atoms with Gasteiger partial charge in [0.25, 0.3) is 0 Å². The molecule has 1 atom stereocenters. The Labute approximate surface area is 96.1 Å². The molecule has 0 amide bonds. The van der Waals surface area contributed by atoms with Crippen molar-refractivity contribution in [3.63, 3.8) is 0 Å². The summed E-state index contributed by atoms with van der Waals surface area (Å²) in [6.07, 6.45) is 0.520. The van der Waals surface area contributed by atoms with E-state index in [1.807, 2.05) is 20.8 Å². The molecule has 0 heterocycles. The van der Waals surface area contributed by atoms with Crippen molar-refractivity contribution in [2.24, 2.45) is 0 Å². The minimum absolute atomic E-state index is 0.113. The molecule has 0 fully saturated rings. The Morgan fingerprint density at radius 1 is 1.44 bits per heavy atom. The molecule has 1 unspecified atom stereocenters. The van der Waals surface area contributed by atoms with Crippen LogP contribution in [-0.4, -0.2) is 17.5 Å². The zero-order valence-corrected chi connectivity index (χ0v) is 9.99. The summed E-state index contributed by atoms with van der Waals surface area (Å²) in [7, 11) is 0. The lowest BCUT2D eigenvalue weighted by Gasteiger charge is -2.12. The number of carbonyl (C=O) groups excluding carboxylic acids is 1. The predicted octanol–water partition coefficient (Wildman–Crippen LogP) is 2.87. The van der Waals surface area contributed by atoms with Crippen LogP contribution in [0.3, 0.4) is 0 Å². The minimum Gasteiger partial charge on any atom is -0.504 e. The van der Waals surface area contributed by atoms with Crippen molar-refractivity contribution in [3.05, 3.63) is 23.8 Å². The molecule has 0 saturated heterocycles. The zero-order valence-electron chi connectivity index (χ0n) is 9.99. The smallest absolute Gasteiger partial charge is 0.161 e. The number of ketones is 1. The number of rotatable bonds is 5. The van der Waals surface area contributed by atoms with Gasteiger partial charge < -0.3 is 9.84 Å². The monoisotopic (exact) mass is 222 g/mol. The maximum atomic E-state index is 11.6. The fourth-order valence-electron chi connectivity index (χ4n) is 1.56. The summed E-state index contributed by atoms with van der Waals surface area (Å²) in [5.41, 5.74) is 0.883. The molecule has 0 aromatic heterocycles. The molecular formula is C13H18O3. The second-order valence-electron chi connectivity index (χ2n) is 3.70. The van der Waals surface area contributed by atoms with Gasteiger partial charge in [0.15, 0.2) is 11.5 Å². The molecule has 1 aromatic carbocycles. The van der Waals surface area contributed by atoms with Crippen molar-refractivity contribution >= 4 is 5.78 Å². The first-order valence-corrected chi connectivity index (χ1v) is 5.58. The van der Waals surface area contributed by atoms with Crippen LogP contribution in [0.4, 0.5) is 0 Å². The van der Waals surface area contributed by atoms with E-state index in [2.05, 4.69) is 0 Å². The van der Waals surface area contributed by atoms with Gasteiger partial charge in [0.1, 0.15) is 5.78 Å². The van der Waals surface area contributed by atoms with E-state index >= 15 is 0 Å². The lowest BCUT2D eigenvalue weighted by molar-refractivity contribution is -0.119. The second kappa shape index (κ2) is 5.54. The van der Waals surface area contributed by atoms with Gasteiger partial charge >= 0.3 is 0 Å². The highest BCUT2D eigenvalue weighted by molar-refractivity contribution is 5.85. The number of phenolic OH excluding ortho intramolecular Hbond substituents is 1. The van der Waals surface area contributed by atoms with Crippen molar-refractivity contribution in [2.75, 3.05) is 6.61 Å². The molecular weight excluding hydrogens is 204 g/mol. The lowest BCUT2D eigenvalue weighted by Crippen LogP contribution is -2.07. The summed E-state index contributed by atoms with van der Waals surface area (Å²) >= 11 is 0. The van der Waals surface area contributed by atoms with Gasteiger partial charge in [-0.1, -0.05) is 19.9 Å². The molecule has 0 aliphatic rings. The van der Waals surface area contributed by atoms with E-state index in [1.165, 1.54) is 0 Å². The molecule has 0 spiro atoms. The third-order valence-corrected chi connectivity index (χ3v) is 2.62. The quantitative estimate of drug-likeness (QED) is 0.833. The maximum Gasteiger partial charge on any atom is 0.161 e. The number of hydrogen-bond acceptors (Lipinski definition) is 3. The van der Waals surface area contributed by atoms with Gasteiger partial charge in [-0.2, -0.15) is 0 Å². The molecule has 0 aliphatic heterocycles. The van der Waals surface area contributed by atoms with Crippen LogP contribution in [0.5, 0.6) is 11.5 Å². The topological polar surface area (TPSA) is 46.5 Å². The van der Waals surface area contributed by atoms with Crippen molar-refractivity contribution in [2.45, 2.75) is 33.1 Å². The number of ether oxygens (including phenoxy) is 1. The summed E-state index contributed by atoms with van der Waals surface area (Å²) in [5.74, 6) is 0.593. The summed E-state index contributed by atoms with van der Waals surface area (Å²) in [4.78, 5) is 11.6. The van der Waals surface area contributed by atoms with Gasteiger partial charge in [-0.15, -0.1) is 0 Å². The van der Waals surface area contributed by atoms with Crippen molar-refractivity contribution in [1.29, 1.82) is 0 Å². The molecule has 0 aliphatic carbocycles. The Morgan fingerprint density at radius 2 is 2.12 bits per heavy atom. The Kier molecular flexibility index (Phi) is 4.35. The largest absolute Gasteiger partial charge is 0.504 e. The van der Waals surface area contributed by atoms with E-state index in [9.17, 15) is 9.90 Å². The predicted molar refractivity (Wildman–Crippen MR) is 63.0 cm³/mol. The number of aromatic hydroxyl groups is 1. The van der Waals surface area contributed by atoms with Crippen LogP contribution in [0.1, 0.15) is 38.7 Å². The normalized spacial score (nSPS) is 12.2. The molecule has 1 aromatic rings. The van der Waals surface area contributed by atoms with E-state index in [0.29, 0.717) is 18.8 Å². The summed E-state index contributed by atoms with van der Waals surface area (Å²) in [5, 5.41) is 9.53. The third-order valence-electron chi connectivity index (χ3n) is 2.62. The van der Waals surface area contributed by atoms with Crippen LogP contribution in [0.2, 0.25) is 0 Å². The van der Waals surface area contributed by atoms with E-state index in [-0.39, 0.29) is 17.5 Å². The zero-order chi connectivity index (χ0) is 12.1. The van der Waals surface area contributed by atoms with E-state index < -0.39 is 0 Å². The molecule has 0 radical (unpaired) electrons. The fraction of sp³-hybridized carbons (Fsp3) is 0.462. The van der Waals surface area contributed by atoms with Crippen molar-refractivity contribution in [3.8, 4) is 11.5 Å². The fourth-order valence-corrected chi connectivity index (χ4v) is 1.56. The molecule has 88 valence electrons. The molecule has 0 saturated carbocycles. The number of hydrogen-bond donors (Lipinski definition) is 1. The SMILES string of the molecule is CCOc1cc(C(C)C(=O)CC)ccc1O. The number of phenols is 1. The molecule has 16 heavy (non-hydrogen) atoms. The third kappa shape index (κ3) is 2.75. The number of benzene rings is 1. The Hall–Kier alpha value is -1.51. The Morgan fingerprint density at radius 3 is 2.69 bits per heavy atom. The average molecular weight is 222 g/mol. The van der Waals surface area contributed by atoms with Crippen LogP contribution in [-0.2, 0) is 4.79 Å². The van der Waals surface area contributed by atoms with Gasteiger partial charge in [-0.05, 0) is 24.6 Å². The first-order valence-electron chi connectivity index (χ1n) is 5.58. The molecule has 3 heteroatoms. The van der Waals surface area contributed by atoms with Crippen molar-refractivity contribution in [1.82, 2.24) is 0 Å². The van der Waals surface area contributed by atoms with Crippen LogP contribution in [0, 0.1) is 0 Å². The van der Waals surface area contributed by atoms with Gasteiger partial charge in [0.2, 0.25) is 0 Å². The lowest BCUT2D eigenvalue weighted by atomic mass is 9.95. The highest BCUT2D eigenvalue weighted by Gasteiger charge is 2.15. The van der Waals surface area contributed by atoms with E-state index in [4.69, 9.17) is 4.74 Å². The van der Waals surface area contributed by atoms with Crippen LogP contribution in [0.25, 0.3) is 0 Å². The number of Topliss-reactive ketones (excluding diaryl/α,β-unsaturated/α-hetero) is 1. The minimum atomic E-state index is -0.148. The second-order valence-corrected chi connectivity index (χ2v) is 3.70. The molecule has 1 rings (SSSR count). The Balaban J connectivity index is 2.97.